The molecule has 4 heterocycles. The summed E-state index contributed by atoms with van der Waals surface area (Å²) >= 11 is 0. The van der Waals surface area contributed by atoms with E-state index in [4.69, 9.17) is 0 Å². The molecule has 1 saturated heterocycles. The molecule has 8 nitrogen and oxygen atoms in total. The summed E-state index contributed by atoms with van der Waals surface area (Å²) in [6, 6.07) is 1.59. The molecule has 1 amide bonds. The molecule has 0 spiro atoms. The summed E-state index contributed by atoms with van der Waals surface area (Å²) in [5.74, 6) is -1.42. The van der Waals surface area contributed by atoms with Crippen molar-refractivity contribution >= 4 is 11.6 Å². The second kappa shape index (κ2) is 6.25. The second-order valence-electron chi connectivity index (χ2n) is 6.40. The molecular formula is C16H15F3N6O2. The van der Waals surface area contributed by atoms with Gasteiger partial charge in [-0.15, -0.1) is 0 Å². The molecule has 1 fully saturated rings. The maximum absolute atomic E-state index is 12.8. The molecule has 0 aromatic carbocycles. The van der Waals surface area contributed by atoms with Crippen molar-refractivity contribution in [1.82, 2.24) is 29.0 Å². The number of imidazole rings is 1. The lowest BCUT2D eigenvalue weighted by molar-refractivity contribution is -0.183. The lowest BCUT2D eigenvalue weighted by atomic mass is 9.96. The SMILES string of the molecule is O=C(c1cnn(-c2cc3nccn3c(=O)[nH]2)c1)N1CCC(C(F)(F)F)CC1. The first-order valence-corrected chi connectivity index (χ1v) is 8.30. The minimum Gasteiger partial charge on any atom is -0.339 e. The van der Waals surface area contributed by atoms with Gasteiger partial charge in [0.05, 0.1) is 17.7 Å². The van der Waals surface area contributed by atoms with Crippen molar-refractivity contribution in [3.63, 3.8) is 0 Å². The predicted octanol–water partition coefficient (Wildman–Crippen LogP) is 1.62. The molecular weight excluding hydrogens is 365 g/mol. The standard InChI is InChI=1S/C16H15F3N6O2/c17-16(18,19)11-1-4-23(5-2-11)14(26)10-8-21-25(9-10)13-7-12-20-3-6-24(12)15(27)22-13/h3,6-9,11H,1-2,4-5H2,(H,22,27). The van der Waals surface area contributed by atoms with E-state index in [1.165, 1.54) is 38.8 Å². The van der Waals surface area contributed by atoms with Crippen LogP contribution in [0, 0.1) is 5.92 Å². The molecule has 1 aliphatic heterocycles. The van der Waals surface area contributed by atoms with E-state index < -0.39 is 17.8 Å². The summed E-state index contributed by atoms with van der Waals surface area (Å²) in [6.07, 6.45) is 1.32. The number of aromatic amines is 1. The van der Waals surface area contributed by atoms with Gasteiger partial charge in [-0.2, -0.15) is 18.3 Å². The van der Waals surface area contributed by atoms with E-state index in [0.29, 0.717) is 11.5 Å². The number of likely N-dealkylation sites (tertiary alicyclic amines) is 1. The fraction of sp³-hybridized carbons (Fsp3) is 0.375. The maximum Gasteiger partial charge on any atom is 0.391 e. The van der Waals surface area contributed by atoms with Crippen molar-refractivity contribution in [3.05, 3.63) is 46.9 Å². The Morgan fingerprint density at radius 1 is 1.26 bits per heavy atom. The van der Waals surface area contributed by atoms with E-state index in [-0.39, 0.29) is 37.4 Å². The number of fused-ring (bicyclic) bond motifs is 1. The van der Waals surface area contributed by atoms with E-state index >= 15 is 0 Å². The number of nitrogens with one attached hydrogen (secondary N) is 1. The Bertz CT molecular complexity index is 1040. The summed E-state index contributed by atoms with van der Waals surface area (Å²) in [6.45, 7) is 0.0934. The number of hydrogen-bond acceptors (Lipinski definition) is 4. The zero-order chi connectivity index (χ0) is 19.2. The van der Waals surface area contributed by atoms with E-state index in [2.05, 4.69) is 15.1 Å². The van der Waals surface area contributed by atoms with E-state index in [9.17, 15) is 22.8 Å². The van der Waals surface area contributed by atoms with Crippen LogP contribution in [0.2, 0.25) is 0 Å². The normalized spacial score (nSPS) is 16.2. The number of H-pyrrole nitrogens is 1. The van der Waals surface area contributed by atoms with Crippen LogP contribution in [-0.2, 0) is 0 Å². The molecule has 3 aromatic rings. The smallest absolute Gasteiger partial charge is 0.339 e. The molecule has 27 heavy (non-hydrogen) atoms. The monoisotopic (exact) mass is 380 g/mol. The number of rotatable bonds is 2. The Hall–Kier alpha value is -3.11. The summed E-state index contributed by atoms with van der Waals surface area (Å²) in [4.78, 5) is 32.6. The number of hydrogen-bond donors (Lipinski definition) is 1. The van der Waals surface area contributed by atoms with Crippen LogP contribution < -0.4 is 5.69 Å². The van der Waals surface area contributed by atoms with Gasteiger partial charge in [0.15, 0.2) is 0 Å². The molecule has 1 N–H and O–H groups in total. The molecule has 0 unspecified atom stereocenters. The highest BCUT2D eigenvalue weighted by molar-refractivity contribution is 5.93. The first kappa shape index (κ1) is 17.3. The lowest BCUT2D eigenvalue weighted by Crippen LogP contribution is -2.42. The lowest BCUT2D eigenvalue weighted by Gasteiger charge is -2.32. The molecule has 3 aromatic heterocycles. The highest BCUT2D eigenvalue weighted by Gasteiger charge is 2.41. The molecule has 0 atom stereocenters. The highest BCUT2D eigenvalue weighted by atomic mass is 19.4. The number of piperidine rings is 1. The van der Waals surface area contributed by atoms with Gasteiger partial charge in [0.1, 0.15) is 11.5 Å². The molecule has 0 bridgehead atoms. The fourth-order valence-corrected chi connectivity index (χ4v) is 3.20. The van der Waals surface area contributed by atoms with Gasteiger partial charge in [-0.05, 0) is 12.8 Å². The third-order valence-corrected chi connectivity index (χ3v) is 4.71. The third kappa shape index (κ3) is 3.20. The van der Waals surface area contributed by atoms with Crippen molar-refractivity contribution in [3.8, 4) is 5.82 Å². The fourth-order valence-electron chi connectivity index (χ4n) is 3.20. The first-order chi connectivity index (χ1) is 12.8. The van der Waals surface area contributed by atoms with Crippen molar-refractivity contribution in [2.75, 3.05) is 13.1 Å². The van der Waals surface area contributed by atoms with Crippen LogP contribution in [0.15, 0.2) is 35.6 Å². The maximum atomic E-state index is 12.8. The second-order valence-corrected chi connectivity index (χ2v) is 6.40. The van der Waals surface area contributed by atoms with Crippen LogP contribution in [0.3, 0.4) is 0 Å². The Kier molecular flexibility index (Phi) is 4.01. The Morgan fingerprint density at radius 3 is 2.70 bits per heavy atom. The summed E-state index contributed by atoms with van der Waals surface area (Å²) in [5, 5.41) is 4.07. The van der Waals surface area contributed by atoms with Gasteiger partial charge >= 0.3 is 11.9 Å². The number of aromatic nitrogens is 5. The number of carbonyl (C=O) groups is 1. The Balaban J connectivity index is 1.52. The Labute approximate surface area is 150 Å². The van der Waals surface area contributed by atoms with Crippen molar-refractivity contribution < 1.29 is 18.0 Å². The van der Waals surface area contributed by atoms with E-state index in [0.717, 1.165) is 0 Å². The van der Waals surface area contributed by atoms with E-state index in [1.807, 2.05) is 0 Å². The van der Waals surface area contributed by atoms with E-state index in [1.54, 1.807) is 6.07 Å². The average molecular weight is 380 g/mol. The average Bonchev–Trinajstić information content (AvgIpc) is 3.30. The molecule has 142 valence electrons. The summed E-state index contributed by atoms with van der Waals surface area (Å²) < 4.78 is 40.9. The molecule has 1 aliphatic rings. The molecule has 0 saturated carbocycles. The van der Waals surface area contributed by atoms with Gasteiger partial charge < -0.3 is 4.90 Å². The predicted molar refractivity (Wildman–Crippen MR) is 87.6 cm³/mol. The number of alkyl halides is 3. The number of amides is 1. The van der Waals surface area contributed by atoms with Crippen LogP contribution in [0.1, 0.15) is 23.2 Å². The minimum atomic E-state index is -4.22. The Morgan fingerprint density at radius 2 is 2.00 bits per heavy atom. The van der Waals surface area contributed by atoms with Gasteiger partial charge in [-0.1, -0.05) is 0 Å². The highest BCUT2D eigenvalue weighted by Crippen LogP contribution is 2.34. The minimum absolute atomic E-state index is 0.0467. The van der Waals surface area contributed by atoms with Gasteiger partial charge in [0.2, 0.25) is 0 Å². The zero-order valence-electron chi connectivity index (χ0n) is 14.0. The van der Waals surface area contributed by atoms with Crippen molar-refractivity contribution in [2.24, 2.45) is 5.92 Å². The largest absolute Gasteiger partial charge is 0.391 e. The number of halogens is 3. The van der Waals surface area contributed by atoms with Crippen LogP contribution in [-0.4, -0.2) is 54.2 Å². The quantitative estimate of drug-likeness (QED) is 0.732. The van der Waals surface area contributed by atoms with Crippen LogP contribution in [0.25, 0.3) is 11.5 Å². The summed E-state index contributed by atoms with van der Waals surface area (Å²) in [7, 11) is 0. The molecule has 0 radical (unpaired) electrons. The number of carbonyl (C=O) groups excluding carboxylic acids is 1. The van der Waals surface area contributed by atoms with Gasteiger partial charge in [0, 0.05) is 37.7 Å². The molecule has 11 heteroatoms. The molecule has 0 aliphatic carbocycles. The van der Waals surface area contributed by atoms with Crippen LogP contribution >= 0.6 is 0 Å². The summed E-state index contributed by atoms with van der Waals surface area (Å²) in [5.41, 5.74) is 0.258. The topological polar surface area (TPSA) is 88.3 Å². The first-order valence-electron chi connectivity index (χ1n) is 8.30. The van der Waals surface area contributed by atoms with Gasteiger partial charge in [0.25, 0.3) is 5.91 Å². The molecule has 4 rings (SSSR count). The van der Waals surface area contributed by atoms with Crippen molar-refractivity contribution in [2.45, 2.75) is 19.0 Å². The van der Waals surface area contributed by atoms with Gasteiger partial charge in [-0.3, -0.25) is 14.2 Å². The number of nitrogens with zero attached hydrogens (tertiary/aromatic N) is 5. The van der Waals surface area contributed by atoms with Crippen molar-refractivity contribution in [1.29, 1.82) is 0 Å². The third-order valence-electron chi connectivity index (χ3n) is 4.71. The van der Waals surface area contributed by atoms with Gasteiger partial charge in [-0.25, -0.2) is 14.5 Å². The van der Waals surface area contributed by atoms with Crippen LogP contribution in [0.5, 0.6) is 0 Å². The zero-order valence-corrected chi connectivity index (χ0v) is 14.0. The van der Waals surface area contributed by atoms with Crippen LogP contribution in [0.4, 0.5) is 13.2 Å².